The van der Waals surface area contributed by atoms with E-state index in [1.165, 1.54) is 38.0 Å². The molecule has 1 aromatic carbocycles. The van der Waals surface area contributed by atoms with E-state index in [0.29, 0.717) is 24.5 Å². The Hall–Kier alpha value is -2.66. The average molecular weight is 627 g/mol. The molecule has 0 unspecified atom stereocenters. The van der Waals surface area contributed by atoms with Crippen LogP contribution < -0.4 is 5.32 Å². The lowest BCUT2D eigenvalue weighted by Crippen LogP contribution is -2.37. The van der Waals surface area contributed by atoms with Gasteiger partial charge in [0.25, 0.3) is 5.91 Å². The van der Waals surface area contributed by atoms with Gasteiger partial charge in [-0.1, -0.05) is 64.0 Å². The van der Waals surface area contributed by atoms with Crippen LogP contribution in [0.3, 0.4) is 0 Å². The summed E-state index contributed by atoms with van der Waals surface area (Å²) >= 11 is 0. The first-order valence-corrected chi connectivity index (χ1v) is 17.6. The number of rotatable bonds is 13. The van der Waals surface area contributed by atoms with Crippen molar-refractivity contribution in [3.05, 3.63) is 71.0 Å². The van der Waals surface area contributed by atoms with E-state index in [2.05, 4.69) is 68.8 Å². The maximum atomic E-state index is 12.7. The molecule has 3 rings (SSSR count). The predicted octanol–water partition coefficient (Wildman–Crippen LogP) is 10.3. The number of allylic oxidation sites excluding steroid dienone is 5. The quantitative estimate of drug-likeness (QED) is 0.134. The summed E-state index contributed by atoms with van der Waals surface area (Å²) in [6, 6.07) is 6.25. The van der Waals surface area contributed by atoms with E-state index in [1.54, 1.807) is 7.11 Å². The summed E-state index contributed by atoms with van der Waals surface area (Å²) in [5, 5.41) is 3.24. The molecule has 1 aliphatic heterocycles. The molecule has 0 spiro atoms. The molecule has 0 radical (unpaired) electrons. The van der Waals surface area contributed by atoms with Crippen molar-refractivity contribution < 1.29 is 18.6 Å². The highest BCUT2D eigenvalue weighted by Gasteiger charge is 2.23. The molecule has 2 aliphatic rings. The molecule has 1 saturated carbocycles. The average Bonchev–Trinajstić information content (AvgIpc) is 3.01. The van der Waals surface area contributed by atoms with Gasteiger partial charge in [-0.15, -0.1) is 6.58 Å². The minimum atomic E-state index is -0.0472. The monoisotopic (exact) mass is 627 g/mol. The standard InChI is InChI=1S/C31H47NO3.C9H17N.3H2/c1-8-24(21-29(35-7)31(4,5)6)15-18-27(33)11-9-10-25-13-16-26(17-14-25)32-30(34)28-19-12-22(2)20-23(28)3;1-3-9-5-7-10(4-2)8-6-9;;;/h8,12,19-21,25-26H,9-11,13-18H2,1-7H3,(H,32,34);3,9H,1,4-8H2,2H3;3*1H/b24-8-,29-21-;;;;. The Bertz CT molecular complexity index is 1140. The Morgan fingerprint density at radius 1 is 1.04 bits per heavy atom. The number of piperidine rings is 1. The first-order valence-electron chi connectivity index (χ1n) is 17.6. The number of nitrogens with zero attached hydrogens (tertiary/aromatic N) is 1. The number of ketones is 1. The van der Waals surface area contributed by atoms with Crippen molar-refractivity contribution in [3.63, 3.8) is 0 Å². The highest BCUT2D eigenvalue weighted by molar-refractivity contribution is 5.95. The molecule has 5 heteroatoms. The van der Waals surface area contributed by atoms with Crippen LogP contribution in [0.15, 0.2) is 54.3 Å². The number of amides is 1. The van der Waals surface area contributed by atoms with Crippen LogP contribution in [0.1, 0.15) is 131 Å². The Kier molecular flexibility index (Phi) is 16.9. The van der Waals surface area contributed by atoms with Crippen LogP contribution in [-0.4, -0.2) is 49.4 Å². The summed E-state index contributed by atoms with van der Waals surface area (Å²) in [5.74, 6) is 2.80. The van der Waals surface area contributed by atoms with Crippen molar-refractivity contribution in [2.45, 2.75) is 125 Å². The third-order valence-corrected chi connectivity index (χ3v) is 9.63. The Labute approximate surface area is 280 Å². The smallest absolute Gasteiger partial charge is 0.251 e. The summed E-state index contributed by atoms with van der Waals surface area (Å²) in [7, 11) is 1.71. The molecule has 0 bridgehead atoms. The number of benzene rings is 1. The minimum absolute atomic E-state index is 0. The summed E-state index contributed by atoms with van der Waals surface area (Å²) < 4.78 is 5.56. The molecule has 0 aromatic heterocycles. The number of hydrogen-bond acceptors (Lipinski definition) is 4. The number of carbonyl (C=O) groups excluding carboxylic acids is 2. The first-order chi connectivity index (χ1) is 21.4. The van der Waals surface area contributed by atoms with Crippen molar-refractivity contribution in [2.75, 3.05) is 26.7 Å². The number of Topliss-reactive ketones (excluding diaryl/α,β-unsaturated/α-hetero) is 1. The van der Waals surface area contributed by atoms with Gasteiger partial charge in [-0.05, 0) is 127 Å². The van der Waals surface area contributed by atoms with Crippen LogP contribution in [0, 0.1) is 31.1 Å². The molecular formula is C40H70N2O3. The zero-order valence-corrected chi connectivity index (χ0v) is 30.0. The molecule has 1 aromatic rings. The van der Waals surface area contributed by atoms with Gasteiger partial charge in [0.15, 0.2) is 0 Å². The fourth-order valence-corrected chi connectivity index (χ4v) is 6.48. The third kappa shape index (κ3) is 14.1. The van der Waals surface area contributed by atoms with Crippen LogP contribution in [0.25, 0.3) is 0 Å². The third-order valence-electron chi connectivity index (χ3n) is 9.63. The molecule has 1 aliphatic carbocycles. The van der Waals surface area contributed by atoms with Crippen LogP contribution in [-0.2, 0) is 9.53 Å². The molecule has 258 valence electrons. The fourth-order valence-electron chi connectivity index (χ4n) is 6.48. The first kappa shape index (κ1) is 38.5. The molecule has 1 heterocycles. The molecule has 2 fully saturated rings. The van der Waals surface area contributed by atoms with Gasteiger partial charge in [-0.2, -0.15) is 0 Å². The van der Waals surface area contributed by atoms with Crippen molar-refractivity contribution >= 4 is 11.7 Å². The van der Waals surface area contributed by atoms with Crippen molar-refractivity contribution in [1.82, 2.24) is 10.2 Å². The molecule has 5 nitrogen and oxygen atoms in total. The number of hydrogen-bond donors (Lipinski definition) is 1. The van der Waals surface area contributed by atoms with E-state index in [-0.39, 0.29) is 21.6 Å². The molecule has 0 atom stereocenters. The molecule has 45 heavy (non-hydrogen) atoms. The highest BCUT2D eigenvalue weighted by Crippen LogP contribution is 2.30. The van der Waals surface area contributed by atoms with Gasteiger partial charge < -0.3 is 15.0 Å². The van der Waals surface area contributed by atoms with E-state index < -0.39 is 0 Å². The van der Waals surface area contributed by atoms with E-state index in [4.69, 9.17) is 4.74 Å². The van der Waals surface area contributed by atoms with Crippen LogP contribution in [0.5, 0.6) is 0 Å². The Balaban J connectivity index is 0. The fraction of sp³-hybridized carbons (Fsp3) is 0.650. The normalized spacial score (nSPS) is 20.2. The summed E-state index contributed by atoms with van der Waals surface area (Å²) in [6.45, 7) is 22.3. The van der Waals surface area contributed by atoms with Crippen molar-refractivity contribution in [1.29, 1.82) is 0 Å². The summed E-state index contributed by atoms with van der Waals surface area (Å²) in [6.07, 6.45) is 17.3. The van der Waals surface area contributed by atoms with Crippen LogP contribution in [0.4, 0.5) is 0 Å². The van der Waals surface area contributed by atoms with Crippen molar-refractivity contribution in [2.24, 2.45) is 17.3 Å². The zero-order chi connectivity index (χ0) is 33.4. The number of likely N-dealkylation sites (tertiary alicyclic amines) is 1. The van der Waals surface area contributed by atoms with E-state index in [0.717, 1.165) is 73.3 Å². The van der Waals surface area contributed by atoms with Crippen molar-refractivity contribution in [3.8, 4) is 0 Å². The SMILES string of the molecule is C/C=C(\C=C(/OC)C(C)(C)C)CCC(=O)CCCC1CCC(NC(=O)c2ccc(C)cc2C)CC1.C=CC1CCN(CC)CC1.[HH].[HH].[HH]. The second-order valence-electron chi connectivity index (χ2n) is 14.3. The van der Waals surface area contributed by atoms with Gasteiger partial charge in [0.2, 0.25) is 0 Å². The second-order valence-corrected chi connectivity index (χ2v) is 14.3. The minimum Gasteiger partial charge on any atom is -0.501 e. The number of aryl methyl sites for hydroxylation is 2. The zero-order valence-electron chi connectivity index (χ0n) is 30.0. The van der Waals surface area contributed by atoms with Gasteiger partial charge in [0.05, 0.1) is 7.11 Å². The topological polar surface area (TPSA) is 58.6 Å². The van der Waals surface area contributed by atoms with Gasteiger partial charge in [-0.25, -0.2) is 0 Å². The maximum absolute atomic E-state index is 12.7. The number of carbonyl (C=O) groups is 2. The van der Waals surface area contributed by atoms with E-state index >= 15 is 0 Å². The predicted molar refractivity (Wildman–Crippen MR) is 197 cm³/mol. The lowest BCUT2D eigenvalue weighted by Gasteiger charge is -2.29. The number of ether oxygens (including phenoxy) is 1. The Morgan fingerprint density at radius 2 is 1.71 bits per heavy atom. The van der Waals surface area contributed by atoms with Gasteiger partial charge >= 0.3 is 0 Å². The Morgan fingerprint density at radius 3 is 2.24 bits per heavy atom. The highest BCUT2D eigenvalue weighted by atomic mass is 16.5. The largest absolute Gasteiger partial charge is 0.501 e. The van der Waals surface area contributed by atoms with Crippen LogP contribution in [0.2, 0.25) is 0 Å². The van der Waals surface area contributed by atoms with E-state index in [9.17, 15) is 9.59 Å². The summed E-state index contributed by atoms with van der Waals surface area (Å²) in [4.78, 5) is 27.7. The van der Waals surface area contributed by atoms with Gasteiger partial charge in [0, 0.05) is 34.1 Å². The summed E-state index contributed by atoms with van der Waals surface area (Å²) in [5.41, 5.74) is 4.11. The molecule has 1 N–H and O–H groups in total. The van der Waals surface area contributed by atoms with E-state index in [1.807, 2.05) is 32.9 Å². The molecular weight excluding hydrogens is 556 g/mol. The molecule has 1 saturated heterocycles. The maximum Gasteiger partial charge on any atom is 0.251 e. The lowest BCUT2D eigenvalue weighted by molar-refractivity contribution is -0.119. The second kappa shape index (κ2) is 19.8. The van der Waals surface area contributed by atoms with Gasteiger partial charge in [-0.3, -0.25) is 9.59 Å². The van der Waals surface area contributed by atoms with Crippen LogP contribution >= 0.6 is 0 Å². The van der Waals surface area contributed by atoms with Gasteiger partial charge in [0.1, 0.15) is 11.5 Å². The number of methoxy groups -OCH3 is 1. The lowest BCUT2D eigenvalue weighted by atomic mass is 9.82. The number of nitrogens with one attached hydrogen (secondary N) is 1. The molecule has 1 amide bonds.